The van der Waals surface area contributed by atoms with E-state index < -0.39 is 0 Å². The Balaban J connectivity index is 1.61. The molecule has 0 aromatic heterocycles. The molecule has 0 heterocycles. The van der Waals surface area contributed by atoms with Crippen LogP contribution < -0.4 is 10.1 Å². The number of carbonyl (C=O) groups excluding carboxylic acids is 1. The molecule has 1 aromatic rings. The SMILES string of the molecule is CCC(NC(=O)C1CC2CC2C1)c1ccc(OC)cc1. The second-order valence-corrected chi connectivity index (χ2v) is 6.17. The van der Waals surface area contributed by atoms with Gasteiger partial charge < -0.3 is 10.1 Å². The van der Waals surface area contributed by atoms with Gasteiger partial charge in [0.05, 0.1) is 13.2 Å². The number of rotatable bonds is 5. The Bertz CT molecular complexity index is 472. The standard InChI is InChI=1S/C17H23NO2/c1-3-16(11-4-6-15(20-2)7-5-11)18-17(19)14-9-12-8-13(12)10-14/h4-7,12-14,16H,3,8-10H2,1-2H3,(H,18,19). The Hall–Kier alpha value is -1.51. The number of hydrogen-bond donors (Lipinski definition) is 1. The van der Waals surface area contributed by atoms with Gasteiger partial charge in [-0.1, -0.05) is 19.1 Å². The molecule has 0 aliphatic heterocycles. The number of fused-ring (bicyclic) bond motifs is 1. The van der Waals surface area contributed by atoms with Crippen LogP contribution in [0.15, 0.2) is 24.3 Å². The van der Waals surface area contributed by atoms with E-state index in [1.807, 2.05) is 24.3 Å². The average Bonchev–Trinajstić information content (AvgIpc) is 3.10. The number of hydrogen-bond acceptors (Lipinski definition) is 2. The van der Waals surface area contributed by atoms with Crippen molar-refractivity contribution >= 4 is 5.91 Å². The highest BCUT2D eigenvalue weighted by atomic mass is 16.5. The molecule has 3 heteroatoms. The predicted molar refractivity (Wildman–Crippen MR) is 78.5 cm³/mol. The molecule has 20 heavy (non-hydrogen) atoms. The Morgan fingerprint density at radius 3 is 2.45 bits per heavy atom. The van der Waals surface area contributed by atoms with E-state index in [1.165, 1.54) is 6.42 Å². The van der Waals surface area contributed by atoms with Gasteiger partial charge in [-0.05, 0) is 55.2 Å². The van der Waals surface area contributed by atoms with Gasteiger partial charge >= 0.3 is 0 Å². The summed E-state index contributed by atoms with van der Waals surface area (Å²) in [6, 6.07) is 8.10. The zero-order chi connectivity index (χ0) is 14.1. The summed E-state index contributed by atoms with van der Waals surface area (Å²) >= 11 is 0. The van der Waals surface area contributed by atoms with Crippen LogP contribution in [-0.2, 0) is 4.79 Å². The maximum Gasteiger partial charge on any atom is 0.223 e. The summed E-state index contributed by atoms with van der Waals surface area (Å²) < 4.78 is 5.17. The fraction of sp³-hybridized carbons (Fsp3) is 0.588. The number of methoxy groups -OCH3 is 1. The van der Waals surface area contributed by atoms with E-state index in [0.717, 1.165) is 42.4 Å². The molecule has 1 amide bonds. The summed E-state index contributed by atoms with van der Waals surface area (Å²) in [6.45, 7) is 2.11. The van der Waals surface area contributed by atoms with Crippen molar-refractivity contribution in [2.24, 2.45) is 17.8 Å². The highest BCUT2D eigenvalue weighted by Gasteiger charge is 2.48. The van der Waals surface area contributed by atoms with Crippen molar-refractivity contribution in [3.63, 3.8) is 0 Å². The molecule has 0 radical (unpaired) electrons. The van der Waals surface area contributed by atoms with Crippen molar-refractivity contribution < 1.29 is 9.53 Å². The van der Waals surface area contributed by atoms with Crippen LogP contribution in [0.2, 0.25) is 0 Å². The van der Waals surface area contributed by atoms with Crippen molar-refractivity contribution in [3.05, 3.63) is 29.8 Å². The third kappa shape index (κ3) is 2.67. The van der Waals surface area contributed by atoms with Crippen LogP contribution in [0.5, 0.6) is 5.75 Å². The van der Waals surface area contributed by atoms with E-state index in [2.05, 4.69) is 12.2 Å². The van der Waals surface area contributed by atoms with Crippen LogP contribution in [0.3, 0.4) is 0 Å². The average molecular weight is 273 g/mol. The van der Waals surface area contributed by atoms with Crippen LogP contribution >= 0.6 is 0 Å². The molecule has 3 unspecified atom stereocenters. The molecule has 1 N–H and O–H groups in total. The predicted octanol–water partition coefficient (Wildman–Crippen LogP) is 3.31. The fourth-order valence-corrected chi connectivity index (χ4v) is 3.48. The lowest BCUT2D eigenvalue weighted by Gasteiger charge is -2.21. The third-order valence-corrected chi connectivity index (χ3v) is 4.86. The second kappa shape index (κ2) is 5.47. The number of ether oxygens (including phenoxy) is 1. The minimum atomic E-state index is 0.116. The van der Waals surface area contributed by atoms with Crippen molar-refractivity contribution in [3.8, 4) is 5.75 Å². The minimum absolute atomic E-state index is 0.116. The van der Waals surface area contributed by atoms with E-state index in [0.29, 0.717) is 0 Å². The maximum absolute atomic E-state index is 12.3. The number of amides is 1. The van der Waals surface area contributed by atoms with E-state index in [1.54, 1.807) is 7.11 Å². The summed E-state index contributed by atoms with van der Waals surface area (Å²) in [7, 11) is 1.67. The van der Waals surface area contributed by atoms with Gasteiger partial charge in [0.1, 0.15) is 5.75 Å². The van der Waals surface area contributed by atoms with Crippen molar-refractivity contribution in [1.29, 1.82) is 0 Å². The van der Waals surface area contributed by atoms with Crippen molar-refractivity contribution in [1.82, 2.24) is 5.32 Å². The van der Waals surface area contributed by atoms with E-state index in [4.69, 9.17) is 4.74 Å². The minimum Gasteiger partial charge on any atom is -0.497 e. The van der Waals surface area contributed by atoms with Crippen molar-refractivity contribution in [2.75, 3.05) is 7.11 Å². The Labute approximate surface area is 120 Å². The van der Waals surface area contributed by atoms with E-state index >= 15 is 0 Å². The third-order valence-electron chi connectivity index (χ3n) is 4.86. The number of carbonyl (C=O) groups is 1. The zero-order valence-corrected chi connectivity index (χ0v) is 12.3. The van der Waals surface area contributed by atoms with Gasteiger partial charge in [0.25, 0.3) is 0 Å². The molecular formula is C17H23NO2. The Kier molecular flexibility index (Phi) is 3.68. The summed E-state index contributed by atoms with van der Waals surface area (Å²) in [4.78, 5) is 12.3. The Morgan fingerprint density at radius 2 is 1.90 bits per heavy atom. The molecule has 2 aliphatic rings. The van der Waals surface area contributed by atoms with Gasteiger partial charge in [-0.2, -0.15) is 0 Å². The van der Waals surface area contributed by atoms with Crippen LogP contribution in [0.4, 0.5) is 0 Å². The molecule has 108 valence electrons. The van der Waals surface area contributed by atoms with E-state index in [9.17, 15) is 4.79 Å². The van der Waals surface area contributed by atoms with Crippen LogP contribution in [0.25, 0.3) is 0 Å². The molecule has 3 nitrogen and oxygen atoms in total. The number of benzene rings is 1. The molecule has 2 saturated carbocycles. The topological polar surface area (TPSA) is 38.3 Å². The smallest absolute Gasteiger partial charge is 0.223 e. The fourth-order valence-electron chi connectivity index (χ4n) is 3.48. The highest BCUT2D eigenvalue weighted by molar-refractivity contribution is 5.79. The molecule has 0 spiro atoms. The normalized spacial score (nSPS) is 28.6. The molecule has 3 rings (SSSR count). The maximum atomic E-state index is 12.3. The lowest BCUT2D eigenvalue weighted by Crippen LogP contribution is -2.33. The largest absolute Gasteiger partial charge is 0.497 e. The molecule has 0 bridgehead atoms. The van der Waals surface area contributed by atoms with Gasteiger partial charge in [0.2, 0.25) is 5.91 Å². The van der Waals surface area contributed by atoms with Crippen LogP contribution in [0.1, 0.15) is 44.2 Å². The monoisotopic (exact) mass is 273 g/mol. The molecule has 1 aromatic carbocycles. The van der Waals surface area contributed by atoms with Crippen LogP contribution in [0, 0.1) is 17.8 Å². The quantitative estimate of drug-likeness (QED) is 0.894. The van der Waals surface area contributed by atoms with Crippen LogP contribution in [-0.4, -0.2) is 13.0 Å². The summed E-state index contributed by atoms with van der Waals surface area (Å²) in [5.41, 5.74) is 1.16. The lowest BCUT2D eigenvalue weighted by molar-refractivity contribution is -0.125. The van der Waals surface area contributed by atoms with Gasteiger partial charge in [0, 0.05) is 5.92 Å². The Morgan fingerprint density at radius 1 is 1.25 bits per heavy atom. The number of nitrogens with one attached hydrogen (secondary N) is 1. The zero-order valence-electron chi connectivity index (χ0n) is 12.3. The molecular weight excluding hydrogens is 250 g/mol. The first kappa shape index (κ1) is 13.5. The first-order valence-corrected chi connectivity index (χ1v) is 7.65. The first-order valence-electron chi connectivity index (χ1n) is 7.65. The van der Waals surface area contributed by atoms with Gasteiger partial charge in [-0.25, -0.2) is 0 Å². The molecule has 2 aliphatic carbocycles. The summed E-state index contributed by atoms with van der Waals surface area (Å²) in [6.07, 6.45) is 4.49. The van der Waals surface area contributed by atoms with Crippen molar-refractivity contribution in [2.45, 2.75) is 38.6 Å². The first-order chi connectivity index (χ1) is 9.71. The lowest BCUT2D eigenvalue weighted by atomic mass is 9.99. The molecule has 2 fully saturated rings. The van der Waals surface area contributed by atoms with Gasteiger partial charge in [0.15, 0.2) is 0 Å². The molecule has 0 saturated heterocycles. The summed E-state index contributed by atoms with van der Waals surface area (Å²) in [5, 5.41) is 3.22. The van der Waals surface area contributed by atoms with Gasteiger partial charge in [-0.3, -0.25) is 4.79 Å². The van der Waals surface area contributed by atoms with Gasteiger partial charge in [-0.15, -0.1) is 0 Å². The molecule has 3 atom stereocenters. The highest BCUT2D eigenvalue weighted by Crippen LogP contribution is 2.54. The van der Waals surface area contributed by atoms with E-state index in [-0.39, 0.29) is 17.9 Å². The second-order valence-electron chi connectivity index (χ2n) is 6.17. The summed E-state index contributed by atoms with van der Waals surface area (Å²) in [5.74, 6) is 3.07.